The monoisotopic (exact) mass is 297 g/mol. The number of hydrogen-bond acceptors (Lipinski definition) is 2. The lowest BCUT2D eigenvalue weighted by molar-refractivity contribution is -0.140. The van der Waals surface area contributed by atoms with E-state index in [9.17, 15) is 17.6 Å². The van der Waals surface area contributed by atoms with Gasteiger partial charge in [-0.3, -0.25) is 0 Å². The molecule has 2 aromatic carbocycles. The van der Waals surface area contributed by atoms with Gasteiger partial charge in [0.1, 0.15) is 5.82 Å². The topological polar surface area (TPSA) is 50.4 Å². The summed E-state index contributed by atoms with van der Waals surface area (Å²) in [7, 11) is 0. The second-order valence-electron chi connectivity index (χ2n) is 4.11. The fourth-order valence-electron chi connectivity index (χ4n) is 1.74. The maximum absolute atomic E-state index is 14.0. The van der Waals surface area contributed by atoms with E-state index in [4.69, 9.17) is 5.84 Å². The summed E-state index contributed by atoms with van der Waals surface area (Å²) in [5, 5.41) is 0. The van der Waals surface area contributed by atoms with Crippen LogP contribution in [0.25, 0.3) is 0 Å². The van der Waals surface area contributed by atoms with E-state index in [0.29, 0.717) is 11.8 Å². The maximum atomic E-state index is 14.0. The molecular formula is C14H11F4N3. The number of hydrogen-bond donors (Lipinski definition) is 2. The summed E-state index contributed by atoms with van der Waals surface area (Å²) in [4.78, 5) is 4.00. The molecule has 0 aromatic heterocycles. The van der Waals surface area contributed by atoms with Crippen molar-refractivity contribution in [3.8, 4) is 0 Å². The standard InChI is InChI=1S/C14H11F4N3/c15-12-10(7-4-8-11(12)14(16,17)18)13(21-19)20-9-5-2-1-3-6-9/h1-8H,19H2,(H,20,21). The molecule has 110 valence electrons. The van der Waals surface area contributed by atoms with Crippen molar-refractivity contribution in [2.45, 2.75) is 6.18 Å². The van der Waals surface area contributed by atoms with E-state index < -0.39 is 17.6 Å². The number of hydrazine groups is 1. The smallest absolute Gasteiger partial charge is 0.308 e. The van der Waals surface area contributed by atoms with Crippen LogP contribution >= 0.6 is 0 Å². The van der Waals surface area contributed by atoms with Crippen molar-refractivity contribution >= 4 is 11.5 Å². The summed E-state index contributed by atoms with van der Waals surface area (Å²) in [6.07, 6.45) is -4.79. The minimum absolute atomic E-state index is 0.190. The third kappa shape index (κ3) is 3.38. The molecule has 7 heteroatoms. The zero-order chi connectivity index (χ0) is 15.5. The Bertz CT molecular complexity index is 651. The molecule has 21 heavy (non-hydrogen) atoms. The molecule has 0 spiro atoms. The van der Waals surface area contributed by atoms with E-state index in [1.807, 2.05) is 0 Å². The molecule has 2 aromatic rings. The molecule has 0 amide bonds. The highest BCUT2D eigenvalue weighted by atomic mass is 19.4. The minimum atomic E-state index is -4.79. The fraction of sp³-hybridized carbons (Fsp3) is 0.0714. The first-order chi connectivity index (χ1) is 9.93. The molecule has 0 fully saturated rings. The number of benzene rings is 2. The number of amidine groups is 1. The third-order valence-electron chi connectivity index (χ3n) is 2.69. The van der Waals surface area contributed by atoms with Crippen LogP contribution in [0.1, 0.15) is 11.1 Å². The predicted molar refractivity (Wildman–Crippen MR) is 71.4 cm³/mol. The summed E-state index contributed by atoms with van der Waals surface area (Å²) in [5.74, 6) is 3.64. The van der Waals surface area contributed by atoms with Crippen LogP contribution in [-0.2, 0) is 6.18 Å². The molecule has 3 nitrogen and oxygen atoms in total. The highest BCUT2D eigenvalue weighted by molar-refractivity contribution is 6.00. The number of alkyl halides is 3. The molecule has 3 N–H and O–H groups in total. The van der Waals surface area contributed by atoms with Crippen molar-refractivity contribution in [3.63, 3.8) is 0 Å². The Morgan fingerprint density at radius 3 is 2.24 bits per heavy atom. The average molecular weight is 297 g/mol. The maximum Gasteiger partial charge on any atom is 0.419 e. The van der Waals surface area contributed by atoms with Crippen molar-refractivity contribution in [1.82, 2.24) is 5.43 Å². The van der Waals surface area contributed by atoms with Crippen LogP contribution in [0.5, 0.6) is 0 Å². The van der Waals surface area contributed by atoms with Gasteiger partial charge in [0, 0.05) is 0 Å². The van der Waals surface area contributed by atoms with Crippen molar-refractivity contribution in [1.29, 1.82) is 0 Å². The molecule has 0 unspecified atom stereocenters. The summed E-state index contributed by atoms with van der Waals surface area (Å²) in [6, 6.07) is 11.3. The van der Waals surface area contributed by atoms with Crippen LogP contribution in [0.3, 0.4) is 0 Å². The van der Waals surface area contributed by atoms with E-state index in [1.165, 1.54) is 6.07 Å². The number of rotatable bonds is 2. The number of aliphatic imine (C=N–C) groups is 1. The van der Waals surface area contributed by atoms with Crippen molar-refractivity contribution in [2.75, 3.05) is 0 Å². The first kappa shape index (κ1) is 15.0. The molecule has 0 aliphatic heterocycles. The van der Waals surface area contributed by atoms with Gasteiger partial charge in [-0.2, -0.15) is 13.2 Å². The molecule has 0 saturated heterocycles. The summed E-state index contributed by atoms with van der Waals surface area (Å²) in [5.41, 5.74) is 0.846. The predicted octanol–water partition coefficient (Wildman–Crippen LogP) is 3.39. The number of nitrogens with two attached hydrogens (primary N) is 1. The molecule has 0 aliphatic carbocycles. The van der Waals surface area contributed by atoms with Gasteiger partial charge in [0.15, 0.2) is 5.84 Å². The van der Waals surface area contributed by atoms with Crippen molar-refractivity contribution in [2.24, 2.45) is 10.8 Å². The van der Waals surface area contributed by atoms with Gasteiger partial charge < -0.3 is 5.43 Å². The Balaban J connectivity index is 2.52. The lowest BCUT2D eigenvalue weighted by Crippen LogP contribution is -2.32. The lowest BCUT2D eigenvalue weighted by Gasteiger charge is -2.12. The second-order valence-corrected chi connectivity index (χ2v) is 4.11. The summed E-state index contributed by atoms with van der Waals surface area (Å²) in [6.45, 7) is 0. The van der Waals surface area contributed by atoms with Crippen LogP contribution in [0.4, 0.5) is 23.2 Å². The molecule has 0 heterocycles. The molecule has 0 radical (unpaired) electrons. The largest absolute Gasteiger partial charge is 0.419 e. The summed E-state index contributed by atoms with van der Waals surface area (Å²) >= 11 is 0. The number of para-hydroxylation sites is 1. The zero-order valence-electron chi connectivity index (χ0n) is 10.7. The second kappa shape index (κ2) is 5.92. The number of nitrogens with zero attached hydrogens (tertiary/aromatic N) is 1. The number of halogens is 4. The Kier molecular flexibility index (Phi) is 4.23. The Morgan fingerprint density at radius 2 is 1.67 bits per heavy atom. The lowest BCUT2D eigenvalue weighted by atomic mass is 10.1. The normalized spacial score (nSPS) is 12.3. The van der Waals surface area contributed by atoms with Gasteiger partial charge in [-0.15, -0.1) is 0 Å². The Morgan fingerprint density at radius 1 is 1.00 bits per heavy atom. The third-order valence-corrected chi connectivity index (χ3v) is 2.69. The van der Waals surface area contributed by atoms with E-state index in [1.54, 1.807) is 30.3 Å². The molecule has 0 atom stereocenters. The van der Waals surface area contributed by atoms with Gasteiger partial charge in [-0.05, 0) is 24.3 Å². The minimum Gasteiger partial charge on any atom is -0.308 e. The van der Waals surface area contributed by atoms with Gasteiger partial charge in [0.05, 0.1) is 16.8 Å². The van der Waals surface area contributed by atoms with Crippen LogP contribution < -0.4 is 11.3 Å². The highest BCUT2D eigenvalue weighted by Crippen LogP contribution is 2.32. The van der Waals surface area contributed by atoms with Crippen LogP contribution in [0.2, 0.25) is 0 Å². The van der Waals surface area contributed by atoms with Crippen LogP contribution in [0, 0.1) is 5.82 Å². The van der Waals surface area contributed by atoms with Gasteiger partial charge >= 0.3 is 6.18 Å². The molecule has 0 aliphatic rings. The van der Waals surface area contributed by atoms with Gasteiger partial charge in [-0.1, -0.05) is 24.3 Å². The van der Waals surface area contributed by atoms with E-state index in [-0.39, 0.29) is 11.4 Å². The molecular weight excluding hydrogens is 286 g/mol. The van der Waals surface area contributed by atoms with Crippen LogP contribution in [-0.4, -0.2) is 5.84 Å². The first-order valence-corrected chi connectivity index (χ1v) is 5.90. The molecule has 0 bridgehead atoms. The average Bonchev–Trinajstić information content (AvgIpc) is 2.45. The Hall–Kier alpha value is -2.41. The van der Waals surface area contributed by atoms with Gasteiger partial charge in [-0.25, -0.2) is 15.2 Å². The fourth-order valence-corrected chi connectivity index (χ4v) is 1.74. The SMILES string of the molecule is NNC(=Nc1ccccc1)c1cccc(C(F)(F)F)c1F. The first-order valence-electron chi connectivity index (χ1n) is 5.90. The van der Waals surface area contributed by atoms with Crippen LogP contribution in [0.15, 0.2) is 53.5 Å². The molecule has 2 rings (SSSR count). The van der Waals surface area contributed by atoms with E-state index in [2.05, 4.69) is 10.4 Å². The van der Waals surface area contributed by atoms with Crippen molar-refractivity contribution < 1.29 is 17.6 Å². The quantitative estimate of drug-likeness (QED) is 0.293. The van der Waals surface area contributed by atoms with Gasteiger partial charge in [0.25, 0.3) is 0 Å². The van der Waals surface area contributed by atoms with E-state index >= 15 is 0 Å². The highest BCUT2D eigenvalue weighted by Gasteiger charge is 2.35. The summed E-state index contributed by atoms with van der Waals surface area (Å²) < 4.78 is 52.1. The van der Waals surface area contributed by atoms with E-state index in [0.717, 1.165) is 6.07 Å². The Labute approximate surface area is 118 Å². The molecule has 0 saturated carbocycles. The zero-order valence-corrected chi connectivity index (χ0v) is 10.7. The van der Waals surface area contributed by atoms with Crippen molar-refractivity contribution in [3.05, 3.63) is 65.5 Å². The number of nitrogens with one attached hydrogen (secondary N) is 1. The van der Waals surface area contributed by atoms with Gasteiger partial charge in [0.2, 0.25) is 0 Å².